The molecule has 3 N–H and O–H groups in total. The molecule has 0 saturated heterocycles. The first-order valence-corrected chi connectivity index (χ1v) is 4.29. The van der Waals surface area contributed by atoms with Crippen LogP contribution in [0.3, 0.4) is 0 Å². The molecule has 0 bridgehead atoms. The Bertz CT molecular complexity index is 251. The van der Waals surface area contributed by atoms with Crippen molar-refractivity contribution in [1.82, 2.24) is 5.32 Å². The maximum atomic E-state index is 12.1. The second-order valence-electron chi connectivity index (χ2n) is 3.43. The van der Waals surface area contributed by atoms with Gasteiger partial charge in [0.15, 0.2) is 0 Å². The Kier molecular flexibility index (Phi) is 4.73. The summed E-state index contributed by atoms with van der Waals surface area (Å²) in [6.45, 7) is 2.44. The number of nitrogens with one attached hydrogen (secondary N) is 1. The van der Waals surface area contributed by atoms with Gasteiger partial charge in [-0.1, -0.05) is 13.8 Å². The third-order valence-electron chi connectivity index (χ3n) is 1.72. The standard InChI is InChI=1S/C8H13F3N2O2/c1-4(2)6(13-3-5(12)14)7(15)8(9,10)11/h4,6,13H,3H2,1-2H3,(H2,12,14). The highest BCUT2D eigenvalue weighted by Crippen LogP contribution is 2.20. The van der Waals surface area contributed by atoms with Crippen molar-refractivity contribution in [2.24, 2.45) is 11.7 Å². The molecule has 1 unspecified atom stereocenters. The lowest BCUT2D eigenvalue weighted by atomic mass is 9.99. The number of Topliss-reactive ketones (excluding diaryl/α,β-unsaturated/α-hetero) is 1. The van der Waals surface area contributed by atoms with E-state index >= 15 is 0 Å². The summed E-state index contributed by atoms with van der Waals surface area (Å²) in [4.78, 5) is 21.2. The second kappa shape index (κ2) is 5.11. The average Bonchev–Trinajstić information content (AvgIpc) is 2.01. The van der Waals surface area contributed by atoms with Crippen LogP contribution in [0.15, 0.2) is 0 Å². The van der Waals surface area contributed by atoms with Crippen LogP contribution in [-0.2, 0) is 9.59 Å². The lowest BCUT2D eigenvalue weighted by Gasteiger charge is -2.21. The fourth-order valence-corrected chi connectivity index (χ4v) is 1.02. The topological polar surface area (TPSA) is 72.2 Å². The highest BCUT2D eigenvalue weighted by molar-refractivity contribution is 5.90. The molecule has 0 aliphatic carbocycles. The van der Waals surface area contributed by atoms with Gasteiger partial charge in [-0.3, -0.25) is 14.9 Å². The molecule has 0 aromatic rings. The summed E-state index contributed by atoms with van der Waals surface area (Å²) in [5, 5.41) is 2.18. The molecule has 0 radical (unpaired) electrons. The molecular weight excluding hydrogens is 213 g/mol. The minimum atomic E-state index is -4.90. The van der Waals surface area contributed by atoms with Gasteiger partial charge in [0, 0.05) is 0 Å². The monoisotopic (exact) mass is 226 g/mol. The van der Waals surface area contributed by atoms with Crippen LogP contribution in [0, 0.1) is 5.92 Å². The van der Waals surface area contributed by atoms with Crippen LogP contribution in [0.25, 0.3) is 0 Å². The molecule has 0 spiro atoms. The van der Waals surface area contributed by atoms with Crippen molar-refractivity contribution in [1.29, 1.82) is 0 Å². The Morgan fingerprint density at radius 2 is 1.80 bits per heavy atom. The summed E-state index contributed by atoms with van der Waals surface area (Å²) in [7, 11) is 0. The molecule has 0 rings (SSSR count). The van der Waals surface area contributed by atoms with Gasteiger partial charge in [0.05, 0.1) is 12.6 Å². The number of carbonyl (C=O) groups excluding carboxylic acids is 2. The van der Waals surface area contributed by atoms with E-state index in [9.17, 15) is 22.8 Å². The first-order valence-electron chi connectivity index (χ1n) is 4.29. The number of rotatable bonds is 5. The summed E-state index contributed by atoms with van der Waals surface area (Å²) in [5.74, 6) is -3.27. The molecular formula is C8H13F3N2O2. The fraction of sp³-hybridized carbons (Fsp3) is 0.750. The molecule has 1 amide bonds. The fourth-order valence-electron chi connectivity index (χ4n) is 1.02. The Morgan fingerprint density at radius 1 is 1.33 bits per heavy atom. The van der Waals surface area contributed by atoms with Gasteiger partial charge in [0.25, 0.3) is 5.78 Å². The number of nitrogens with two attached hydrogens (primary N) is 1. The van der Waals surface area contributed by atoms with Crippen LogP contribution in [0.5, 0.6) is 0 Å². The quantitative estimate of drug-likeness (QED) is 0.704. The number of carbonyl (C=O) groups is 2. The first kappa shape index (κ1) is 13.9. The van der Waals surface area contributed by atoms with E-state index in [1.54, 1.807) is 0 Å². The molecule has 0 aliphatic rings. The van der Waals surface area contributed by atoms with Crippen LogP contribution < -0.4 is 11.1 Å². The Hall–Kier alpha value is -1.11. The predicted molar refractivity (Wildman–Crippen MR) is 46.9 cm³/mol. The van der Waals surface area contributed by atoms with Crippen molar-refractivity contribution in [2.75, 3.05) is 6.54 Å². The smallest absolute Gasteiger partial charge is 0.369 e. The maximum absolute atomic E-state index is 12.1. The van der Waals surface area contributed by atoms with E-state index in [4.69, 9.17) is 5.73 Å². The first-order chi connectivity index (χ1) is 6.66. The Morgan fingerprint density at radius 3 is 2.07 bits per heavy atom. The van der Waals surface area contributed by atoms with Crippen LogP contribution in [0.4, 0.5) is 13.2 Å². The second-order valence-corrected chi connectivity index (χ2v) is 3.43. The van der Waals surface area contributed by atoms with Crippen LogP contribution in [0.2, 0.25) is 0 Å². The summed E-state index contributed by atoms with van der Waals surface area (Å²) in [5.41, 5.74) is 4.76. The van der Waals surface area contributed by atoms with Gasteiger partial charge in [-0.15, -0.1) is 0 Å². The van der Waals surface area contributed by atoms with Crippen molar-refractivity contribution in [2.45, 2.75) is 26.1 Å². The Balaban J connectivity index is 4.54. The molecule has 0 aromatic heterocycles. The van der Waals surface area contributed by atoms with Gasteiger partial charge in [-0.25, -0.2) is 0 Å². The van der Waals surface area contributed by atoms with E-state index < -0.39 is 36.4 Å². The molecule has 1 atom stereocenters. The van der Waals surface area contributed by atoms with Crippen molar-refractivity contribution in [3.8, 4) is 0 Å². The van der Waals surface area contributed by atoms with Crippen molar-refractivity contribution >= 4 is 11.7 Å². The van der Waals surface area contributed by atoms with Crippen LogP contribution in [0.1, 0.15) is 13.8 Å². The molecule has 0 fully saturated rings. The van der Waals surface area contributed by atoms with Crippen molar-refractivity contribution in [3.05, 3.63) is 0 Å². The number of ketones is 1. The average molecular weight is 226 g/mol. The van der Waals surface area contributed by atoms with E-state index in [2.05, 4.69) is 5.32 Å². The third kappa shape index (κ3) is 4.78. The van der Waals surface area contributed by atoms with Gasteiger partial charge in [-0.2, -0.15) is 13.2 Å². The number of amides is 1. The molecule has 88 valence electrons. The zero-order valence-electron chi connectivity index (χ0n) is 8.39. The van der Waals surface area contributed by atoms with E-state index in [0.29, 0.717) is 0 Å². The molecule has 0 aromatic carbocycles. The Labute approximate surface area is 85.0 Å². The van der Waals surface area contributed by atoms with E-state index in [1.807, 2.05) is 0 Å². The van der Waals surface area contributed by atoms with E-state index in [0.717, 1.165) is 0 Å². The van der Waals surface area contributed by atoms with Crippen LogP contribution >= 0.6 is 0 Å². The van der Waals surface area contributed by atoms with E-state index in [1.165, 1.54) is 13.8 Å². The summed E-state index contributed by atoms with van der Waals surface area (Å²) >= 11 is 0. The lowest BCUT2D eigenvalue weighted by molar-refractivity contribution is -0.174. The van der Waals surface area contributed by atoms with Gasteiger partial charge < -0.3 is 5.73 Å². The van der Waals surface area contributed by atoms with Gasteiger partial charge in [0.1, 0.15) is 0 Å². The number of halogens is 3. The predicted octanol–water partition coefficient (Wildman–Crippen LogP) is 0.217. The zero-order valence-corrected chi connectivity index (χ0v) is 8.39. The largest absolute Gasteiger partial charge is 0.451 e. The summed E-state index contributed by atoms with van der Waals surface area (Å²) in [6.07, 6.45) is -4.90. The van der Waals surface area contributed by atoms with Gasteiger partial charge >= 0.3 is 6.18 Å². The van der Waals surface area contributed by atoms with Crippen molar-refractivity contribution in [3.63, 3.8) is 0 Å². The van der Waals surface area contributed by atoms with Gasteiger partial charge in [0.2, 0.25) is 5.91 Å². The molecule has 0 aliphatic heterocycles. The maximum Gasteiger partial charge on any atom is 0.451 e. The zero-order chi connectivity index (χ0) is 12.2. The normalized spacial score (nSPS) is 14.0. The summed E-state index contributed by atoms with van der Waals surface area (Å²) in [6, 6.07) is -1.43. The summed E-state index contributed by atoms with van der Waals surface area (Å²) < 4.78 is 36.2. The molecule has 0 saturated carbocycles. The molecule has 15 heavy (non-hydrogen) atoms. The van der Waals surface area contributed by atoms with Crippen LogP contribution in [-0.4, -0.2) is 30.5 Å². The minimum Gasteiger partial charge on any atom is -0.369 e. The number of hydrogen-bond acceptors (Lipinski definition) is 3. The number of hydrogen-bond donors (Lipinski definition) is 2. The lowest BCUT2D eigenvalue weighted by Crippen LogP contribution is -2.49. The van der Waals surface area contributed by atoms with Gasteiger partial charge in [-0.05, 0) is 5.92 Å². The minimum absolute atomic E-state index is 0.454. The number of alkyl halides is 3. The molecule has 7 heteroatoms. The highest BCUT2D eigenvalue weighted by Gasteiger charge is 2.44. The molecule has 0 heterocycles. The number of primary amides is 1. The van der Waals surface area contributed by atoms with E-state index in [-0.39, 0.29) is 0 Å². The van der Waals surface area contributed by atoms with Crippen molar-refractivity contribution < 1.29 is 22.8 Å². The SMILES string of the molecule is CC(C)C(NCC(N)=O)C(=O)C(F)(F)F. The highest BCUT2D eigenvalue weighted by atomic mass is 19.4. The third-order valence-corrected chi connectivity index (χ3v) is 1.72. The molecule has 4 nitrogen and oxygen atoms in total.